The zero-order valence-electron chi connectivity index (χ0n) is 15.3. The van der Waals surface area contributed by atoms with Gasteiger partial charge in [-0.05, 0) is 39.8 Å². The second-order valence-electron chi connectivity index (χ2n) is 6.25. The summed E-state index contributed by atoms with van der Waals surface area (Å²) in [6.07, 6.45) is -4.26. The highest BCUT2D eigenvalue weighted by Crippen LogP contribution is 2.40. The number of hydrogen-bond donors (Lipinski definition) is 0. The minimum Gasteiger partial charge on any atom is -0.489 e. The number of benzene rings is 1. The van der Waals surface area contributed by atoms with Crippen LogP contribution >= 0.6 is 0 Å². The molecule has 0 unspecified atom stereocenters. The lowest BCUT2D eigenvalue weighted by Crippen LogP contribution is -2.21. The molecule has 0 saturated carbocycles. The van der Waals surface area contributed by atoms with Gasteiger partial charge in [0.25, 0.3) is 0 Å². The summed E-state index contributed by atoms with van der Waals surface area (Å²) in [6.45, 7) is 7.18. The summed E-state index contributed by atoms with van der Waals surface area (Å²) >= 11 is 0. The third kappa shape index (κ3) is 4.77. The van der Waals surface area contributed by atoms with Crippen molar-refractivity contribution in [3.05, 3.63) is 36.0 Å². The number of alkyl halides is 3. The average molecular weight is 369 g/mol. The molecule has 0 bridgehead atoms. The van der Waals surface area contributed by atoms with E-state index in [1.54, 1.807) is 38.1 Å². The maximum Gasteiger partial charge on any atom is 0.421 e. The molecular formula is C18H22F3N3O2. The number of ether oxygens (including phenoxy) is 2. The van der Waals surface area contributed by atoms with E-state index in [0.29, 0.717) is 11.4 Å². The predicted octanol–water partition coefficient (Wildman–Crippen LogP) is 4.84. The Hall–Kier alpha value is -2.51. The number of hydrogen-bond acceptors (Lipinski definition) is 5. The Bertz CT molecular complexity index is 749. The molecule has 1 heterocycles. The van der Waals surface area contributed by atoms with E-state index < -0.39 is 11.7 Å². The molecule has 0 aliphatic rings. The Kier molecular flexibility index (Phi) is 5.94. The summed E-state index contributed by atoms with van der Waals surface area (Å²) in [7, 11) is 1.50. The van der Waals surface area contributed by atoms with E-state index in [4.69, 9.17) is 9.47 Å². The number of nitrogens with zero attached hydrogens (tertiary/aromatic N) is 3. The summed E-state index contributed by atoms with van der Waals surface area (Å²) in [5, 5.41) is 0. The van der Waals surface area contributed by atoms with Gasteiger partial charge < -0.3 is 14.4 Å². The molecule has 1 aromatic carbocycles. The highest BCUT2D eigenvalue weighted by molar-refractivity contribution is 5.68. The standard InChI is InChI=1S/C18H22F3N3O2/c1-11(2)25-15-9-7-6-8-14(15)24(5)16-13(18(19,20)21)10-22-17(23-16)26-12(3)4/h6-12H,1-5H3. The number of para-hydroxylation sites is 2. The van der Waals surface area contributed by atoms with E-state index in [1.807, 2.05) is 13.8 Å². The van der Waals surface area contributed by atoms with E-state index in [-0.39, 0.29) is 24.0 Å². The van der Waals surface area contributed by atoms with Crippen molar-refractivity contribution in [1.82, 2.24) is 9.97 Å². The van der Waals surface area contributed by atoms with Crippen molar-refractivity contribution in [1.29, 1.82) is 0 Å². The van der Waals surface area contributed by atoms with Crippen molar-refractivity contribution in [2.24, 2.45) is 0 Å². The molecule has 142 valence electrons. The quantitative estimate of drug-likeness (QED) is 0.729. The van der Waals surface area contributed by atoms with Crippen LogP contribution in [0.5, 0.6) is 11.8 Å². The lowest BCUT2D eigenvalue weighted by Gasteiger charge is -2.25. The molecule has 0 saturated heterocycles. The predicted molar refractivity (Wildman–Crippen MR) is 93.1 cm³/mol. The van der Waals surface area contributed by atoms with E-state index in [9.17, 15) is 13.2 Å². The van der Waals surface area contributed by atoms with E-state index >= 15 is 0 Å². The van der Waals surface area contributed by atoms with Gasteiger partial charge in [0.1, 0.15) is 11.3 Å². The zero-order valence-corrected chi connectivity index (χ0v) is 15.3. The van der Waals surface area contributed by atoms with Gasteiger partial charge in [0.15, 0.2) is 5.82 Å². The van der Waals surface area contributed by atoms with Crippen LogP contribution in [-0.2, 0) is 6.18 Å². The molecule has 0 spiro atoms. The lowest BCUT2D eigenvalue weighted by molar-refractivity contribution is -0.137. The van der Waals surface area contributed by atoms with Gasteiger partial charge in [0.2, 0.25) is 0 Å². The van der Waals surface area contributed by atoms with Crippen LogP contribution in [0.1, 0.15) is 33.3 Å². The van der Waals surface area contributed by atoms with Crippen LogP contribution in [0.3, 0.4) is 0 Å². The second kappa shape index (κ2) is 7.80. The van der Waals surface area contributed by atoms with Crippen LogP contribution in [0, 0.1) is 0 Å². The number of rotatable bonds is 6. The molecule has 0 atom stereocenters. The van der Waals surface area contributed by atoms with Crippen molar-refractivity contribution >= 4 is 11.5 Å². The average Bonchev–Trinajstić information content (AvgIpc) is 2.52. The van der Waals surface area contributed by atoms with Crippen LogP contribution in [0.15, 0.2) is 30.5 Å². The summed E-state index contributed by atoms with van der Waals surface area (Å²) in [4.78, 5) is 9.00. The normalized spacial score (nSPS) is 11.8. The van der Waals surface area contributed by atoms with Crippen molar-refractivity contribution < 1.29 is 22.6 Å². The van der Waals surface area contributed by atoms with Crippen LogP contribution in [0.4, 0.5) is 24.7 Å². The Morgan fingerprint density at radius 2 is 1.62 bits per heavy atom. The van der Waals surface area contributed by atoms with Crippen molar-refractivity contribution in [3.8, 4) is 11.8 Å². The first kappa shape index (κ1) is 19.8. The van der Waals surface area contributed by atoms with Crippen LogP contribution in [-0.4, -0.2) is 29.2 Å². The molecule has 2 rings (SSSR count). The highest BCUT2D eigenvalue weighted by Gasteiger charge is 2.37. The van der Waals surface area contributed by atoms with Crippen molar-refractivity contribution in [2.45, 2.75) is 46.1 Å². The topological polar surface area (TPSA) is 47.5 Å². The van der Waals surface area contributed by atoms with E-state index in [1.165, 1.54) is 11.9 Å². The number of halogens is 3. The minimum absolute atomic E-state index is 0.114. The zero-order chi connectivity index (χ0) is 19.5. The Balaban J connectivity index is 2.54. The van der Waals surface area contributed by atoms with Gasteiger partial charge in [-0.2, -0.15) is 18.2 Å². The van der Waals surface area contributed by atoms with Gasteiger partial charge in [-0.15, -0.1) is 0 Å². The fraction of sp³-hybridized carbons (Fsp3) is 0.444. The van der Waals surface area contributed by atoms with Crippen molar-refractivity contribution in [2.75, 3.05) is 11.9 Å². The van der Waals surface area contributed by atoms with Crippen LogP contribution < -0.4 is 14.4 Å². The first-order chi connectivity index (χ1) is 12.1. The molecule has 0 N–H and O–H groups in total. The molecule has 0 fully saturated rings. The molecule has 0 radical (unpaired) electrons. The molecular weight excluding hydrogens is 347 g/mol. The molecule has 0 aliphatic heterocycles. The van der Waals surface area contributed by atoms with Crippen LogP contribution in [0.2, 0.25) is 0 Å². The van der Waals surface area contributed by atoms with Gasteiger partial charge in [-0.25, -0.2) is 4.98 Å². The van der Waals surface area contributed by atoms with Gasteiger partial charge in [0, 0.05) is 13.2 Å². The largest absolute Gasteiger partial charge is 0.489 e. The summed E-state index contributed by atoms with van der Waals surface area (Å²) in [5.41, 5.74) is -0.489. The summed E-state index contributed by atoms with van der Waals surface area (Å²) in [6, 6.07) is 6.73. The molecule has 0 amide bonds. The number of aromatic nitrogens is 2. The molecule has 2 aromatic rings. The minimum atomic E-state index is -4.60. The monoisotopic (exact) mass is 369 g/mol. The van der Waals surface area contributed by atoms with Crippen molar-refractivity contribution in [3.63, 3.8) is 0 Å². The Morgan fingerprint density at radius 1 is 1.00 bits per heavy atom. The highest BCUT2D eigenvalue weighted by atomic mass is 19.4. The maximum absolute atomic E-state index is 13.5. The van der Waals surface area contributed by atoms with Gasteiger partial charge in [0.05, 0.1) is 17.9 Å². The number of anilines is 2. The fourth-order valence-electron chi connectivity index (χ4n) is 2.28. The maximum atomic E-state index is 13.5. The smallest absolute Gasteiger partial charge is 0.421 e. The third-order valence-electron chi connectivity index (χ3n) is 3.30. The van der Waals surface area contributed by atoms with Crippen LogP contribution in [0.25, 0.3) is 0 Å². The second-order valence-corrected chi connectivity index (χ2v) is 6.25. The SMILES string of the molecule is CC(C)Oc1ncc(C(F)(F)F)c(N(C)c2ccccc2OC(C)C)n1. The lowest BCUT2D eigenvalue weighted by atomic mass is 10.2. The molecule has 26 heavy (non-hydrogen) atoms. The first-order valence-electron chi connectivity index (χ1n) is 8.20. The Morgan fingerprint density at radius 3 is 2.19 bits per heavy atom. The fourth-order valence-corrected chi connectivity index (χ4v) is 2.28. The molecule has 8 heteroatoms. The van der Waals surface area contributed by atoms with E-state index in [2.05, 4.69) is 9.97 Å². The first-order valence-corrected chi connectivity index (χ1v) is 8.20. The van der Waals surface area contributed by atoms with Gasteiger partial charge in [-0.1, -0.05) is 12.1 Å². The summed E-state index contributed by atoms with van der Waals surface area (Å²) in [5.74, 6) is 0.158. The molecule has 5 nitrogen and oxygen atoms in total. The Labute approximate surface area is 150 Å². The molecule has 0 aliphatic carbocycles. The van der Waals surface area contributed by atoms with E-state index in [0.717, 1.165) is 6.20 Å². The van der Waals surface area contributed by atoms with Gasteiger partial charge >= 0.3 is 12.2 Å². The van der Waals surface area contributed by atoms with Gasteiger partial charge in [-0.3, -0.25) is 0 Å². The third-order valence-corrected chi connectivity index (χ3v) is 3.30. The summed E-state index contributed by atoms with van der Waals surface area (Å²) < 4.78 is 51.4. The molecule has 1 aromatic heterocycles.